The first kappa shape index (κ1) is 17.3. The summed E-state index contributed by atoms with van der Waals surface area (Å²) in [6, 6.07) is 7.84. The molecule has 0 aromatic heterocycles. The molecule has 0 fully saturated rings. The van der Waals surface area contributed by atoms with E-state index < -0.39 is 23.3 Å². The van der Waals surface area contributed by atoms with Gasteiger partial charge in [-0.25, -0.2) is 9.59 Å². The number of ether oxygens (including phenoxy) is 2. The van der Waals surface area contributed by atoms with Crippen molar-refractivity contribution in [2.24, 2.45) is 0 Å². The van der Waals surface area contributed by atoms with E-state index in [2.05, 4.69) is 9.47 Å². The Morgan fingerprint density at radius 1 is 1.00 bits per heavy atom. The SMILES string of the molecule is C#COC(=O)C(C(=O)OC#C)=C(O)c1ccccc1.[Ni]. The van der Waals surface area contributed by atoms with Crippen molar-refractivity contribution in [1.29, 1.82) is 0 Å². The molecule has 0 aliphatic heterocycles. The molecule has 0 saturated heterocycles. The van der Waals surface area contributed by atoms with Gasteiger partial charge in [0.25, 0.3) is 0 Å². The van der Waals surface area contributed by atoms with Gasteiger partial charge in [0.2, 0.25) is 0 Å². The Bertz CT molecular complexity index is 575. The van der Waals surface area contributed by atoms with Gasteiger partial charge in [-0.1, -0.05) is 43.2 Å². The maximum Gasteiger partial charge on any atom is 0.363 e. The van der Waals surface area contributed by atoms with Crippen LogP contribution >= 0.6 is 0 Å². The largest absolute Gasteiger partial charge is 0.506 e. The second kappa shape index (κ2) is 8.42. The van der Waals surface area contributed by atoms with Gasteiger partial charge in [-0.05, 0) is 0 Å². The molecule has 0 amide bonds. The van der Waals surface area contributed by atoms with Crippen LogP contribution in [-0.2, 0) is 35.6 Å². The molecule has 0 saturated carbocycles. The van der Waals surface area contributed by atoms with E-state index in [9.17, 15) is 14.7 Å². The van der Waals surface area contributed by atoms with Crippen LogP contribution in [0.1, 0.15) is 5.56 Å². The Morgan fingerprint density at radius 3 is 1.85 bits per heavy atom. The van der Waals surface area contributed by atoms with E-state index in [1.165, 1.54) is 12.1 Å². The number of hydrogen-bond acceptors (Lipinski definition) is 5. The summed E-state index contributed by atoms with van der Waals surface area (Å²) in [6.07, 6.45) is 12.8. The second-order valence-corrected chi connectivity index (χ2v) is 3.10. The molecule has 0 bridgehead atoms. The summed E-state index contributed by atoms with van der Waals surface area (Å²) in [7, 11) is 0. The van der Waals surface area contributed by atoms with Crippen LogP contribution in [0.3, 0.4) is 0 Å². The fraction of sp³-hybridized carbons (Fsp3) is 0. The van der Waals surface area contributed by atoms with Crippen LogP contribution in [0.5, 0.6) is 0 Å². The predicted octanol–water partition coefficient (Wildman–Crippen LogP) is 1.22. The van der Waals surface area contributed by atoms with Crippen LogP contribution in [0.15, 0.2) is 35.9 Å². The average molecular weight is 315 g/mol. The molecule has 1 rings (SSSR count). The number of benzene rings is 1. The minimum atomic E-state index is -1.23. The topological polar surface area (TPSA) is 72.8 Å². The maximum absolute atomic E-state index is 11.5. The molecule has 1 N–H and O–H groups in total. The minimum Gasteiger partial charge on any atom is -0.506 e. The Labute approximate surface area is 125 Å². The van der Waals surface area contributed by atoms with Crippen molar-refractivity contribution in [3.63, 3.8) is 0 Å². The van der Waals surface area contributed by atoms with Crippen molar-refractivity contribution in [2.75, 3.05) is 0 Å². The number of carbonyl (C=O) groups is 2. The zero-order chi connectivity index (χ0) is 14.3. The summed E-state index contributed by atoms with van der Waals surface area (Å²) in [6.45, 7) is 0. The molecule has 0 atom stereocenters. The zero-order valence-electron chi connectivity index (χ0n) is 9.94. The van der Waals surface area contributed by atoms with Gasteiger partial charge in [0.05, 0.1) is 0 Å². The van der Waals surface area contributed by atoms with E-state index in [0.29, 0.717) is 0 Å². The van der Waals surface area contributed by atoms with Crippen molar-refractivity contribution >= 4 is 17.7 Å². The Morgan fingerprint density at radius 2 is 1.45 bits per heavy atom. The molecule has 0 heterocycles. The van der Waals surface area contributed by atoms with Crippen molar-refractivity contribution in [1.82, 2.24) is 0 Å². The number of carbonyl (C=O) groups excluding carboxylic acids is 2. The molecule has 5 nitrogen and oxygen atoms in total. The fourth-order valence-corrected chi connectivity index (χ4v) is 1.23. The number of aliphatic hydroxyl groups is 1. The quantitative estimate of drug-likeness (QED) is 0.173. The van der Waals surface area contributed by atoms with E-state index in [-0.39, 0.29) is 22.1 Å². The van der Waals surface area contributed by atoms with Crippen molar-refractivity contribution < 1.29 is 40.7 Å². The van der Waals surface area contributed by atoms with Crippen LogP contribution in [0.25, 0.3) is 5.76 Å². The number of esters is 2. The monoisotopic (exact) mass is 314 g/mol. The third kappa shape index (κ3) is 4.21. The van der Waals surface area contributed by atoms with Gasteiger partial charge >= 0.3 is 11.9 Å². The van der Waals surface area contributed by atoms with Gasteiger partial charge < -0.3 is 14.6 Å². The van der Waals surface area contributed by atoms with Crippen LogP contribution in [0.2, 0.25) is 0 Å². The molecule has 0 unspecified atom stereocenters. The average Bonchev–Trinajstić information content (AvgIpc) is 2.40. The third-order valence-electron chi connectivity index (χ3n) is 2.00. The molecule has 1 aromatic rings. The van der Waals surface area contributed by atoms with E-state index in [0.717, 1.165) is 0 Å². The van der Waals surface area contributed by atoms with Crippen LogP contribution in [0, 0.1) is 25.1 Å². The summed E-state index contributed by atoms with van der Waals surface area (Å²) in [5.74, 6) is -3.10. The summed E-state index contributed by atoms with van der Waals surface area (Å²) in [5, 5.41) is 9.92. The first-order chi connectivity index (χ1) is 9.11. The minimum absolute atomic E-state index is 0. The molecular weight excluding hydrogens is 307 g/mol. The normalized spacial score (nSPS) is 8.10. The predicted molar refractivity (Wildman–Crippen MR) is 65.8 cm³/mol. The van der Waals surface area contributed by atoms with Gasteiger partial charge in [-0.2, -0.15) is 0 Å². The van der Waals surface area contributed by atoms with E-state index in [4.69, 9.17) is 12.8 Å². The van der Waals surface area contributed by atoms with E-state index in [1.807, 2.05) is 0 Å². The van der Waals surface area contributed by atoms with Crippen LogP contribution in [-0.4, -0.2) is 17.0 Å². The van der Waals surface area contributed by atoms with Gasteiger partial charge in [0.15, 0.2) is 5.57 Å². The number of hydrogen-bond donors (Lipinski definition) is 1. The number of terminal acetylenes is 2. The summed E-state index contributed by atoms with van der Waals surface area (Å²) >= 11 is 0. The fourth-order valence-electron chi connectivity index (χ4n) is 1.23. The third-order valence-corrected chi connectivity index (χ3v) is 2.00. The van der Waals surface area contributed by atoms with Crippen molar-refractivity contribution in [2.45, 2.75) is 0 Å². The Hall–Kier alpha value is -2.69. The standard InChI is InChI=1S/C14H8O5.Ni/c1-3-18-13(16)11(14(17)19-4-2)12(15)10-8-6-5-7-9-10;/h1-2,5-9,15H;. The van der Waals surface area contributed by atoms with Crippen LogP contribution < -0.4 is 0 Å². The molecule has 0 spiro atoms. The van der Waals surface area contributed by atoms with Crippen LogP contribution in [0.4, 0.5) is 0 Å². The van der Waals surface area contributed by atoms with Gasteiger partial charge in [-0.3, -0.25) is 0 Å². The van der Waals surface area contributed by atoms with E-state index >= 15 is 0 Å². The molecular formula is C14H8NiO5. The summed E-state index contributed by atoms with van der Waals surface area (Å²) < 4.78 is 8.43. The number of aliphatic hydroxyl groups excluding tert-OH is 1. The first-order valence-electron chi connectivity index (χ1n) is 4.94. The Kier molecular flexibility index (Phi) is 7.29. The maximum atomic E-state index is 11.5. The Balaban J connectivity index is 0.00000361. The van der Waals surface area contributed by atoms with E-state index in [1.54, 1.807) is 30.4 Å². The molecule has 20 heavy (non-hydrogen) atoms. The molecule has 0 radical (unpaired) electrons. The van der Waals surface area contributed by atoms with Gasteiger partial charge in [0, 0.05) is 22.1 Å². The molecule has 1 aromatic carbocycles. The van der Waals surface area contributed by atoms with Crippen molar-refractivity contribution in [3.8, 4) is 25.1 Å². The summed E-state index contributed by atoms with van der Waals surface area (Å²) in [5.41, 5.74) is -0.567. The molecule has 0 aliphatic rings. The van der Waals surface area contributed by atoms with Crippen molar-refractivity contribution in [3.05, 3.63) is 41.5 Å². The first-order valence-corrected chi connectivity index (χ1v) is 4.94. The molecule has 0 aliphatic carbocycles. The summed E-state index contributed by atoms with van der Waals surface area (Å²) in [4.78, 5) is 23.0. The zero-order valence-corrected chi connectivity index (χ0v) is 10.9. The second-order valence-electron chi connectivity index (χ2n) is 3.10. The molecule has 104 valence electrons. The van der Waals surface area contributed by atoms with Gasteiger partial charge in [0.1, 0.15) is 18.0 Å². The van der Waals surface area contributed by atoms with Gasteiger partial charge in [-0.15, -0.1) is 0 Å². The smallest absolute Gasteiger partial charge is 0.363 e. The molecule has 6 heteroatoms. The number of rotatable bonds is 3.